The van der Waals surface area contributed by atoms with Gasteiger partial charge in [0.15, 0.2) is 0 Å². The van der Waals surface area contributed by atoms with Gasteiger partial charge in [-0.15, -0.1) is 0 Å². The van der Waals surface area contributed by atoms with Crippen molar-refractivity contribution in [2.24, 2.45) is 0 Å². The number of aromatic nitrogens is 2. The summed E-state index contributed by atoms with van der Waals surface area (Å²) in [5, 5.41) is 3.25. The van der Waals surface area contributed by atoms with Crippen LogP contribution in [0.4, 0.5) is 17.3 Å². The molecule has 6 heteroatoms. The van der Waals surface area contributed by atoms with E-state index in [1.54, 1.807) is 12.4 Å². The number of hydrogen-bond donors (Lipinski definition) is 1. The lowest BCUT2D eigenvalue weighted by atomic mass is 10.2. The maximum Gasteiger partial charge on any atom is 0.227 e. The van der Waals surface area contributed by atoms with Gasteiger partial charge < -0.3 is 15.1 Å². The van der Waals surface area contributed by atoms with E-state index in [-0.39, 0.29) is 0 Å². The van der Waals surface area contributed by atoms with Gasteiger partial charge in [0.2, 0.25) is 5.95 Å². The lowest BCUT2D eigenvalue weighted by Crippen LogP contribution is -2.46. The number of piperazine rings is 1. The largest absolute Gasteiger partial charge is 0.369 e. The third-order valence-corrected chi connectivity index (χ3v) is 4.32. The fraction of sp³-hybridized carbons (Fsp3) is 0.375. The minimum absolute atomic E-state index is 0.608. The molecule has 3 rings (SSSR count). The molecule has 0 aliphatic carbocycles. The highest BCUT2D eigenvalue weighted by Crippen LogP contribution is 2.22. The van der Waals surface area contributed by atoms with Crippen LogP contribution in [-0.4, -0.2) is 47.6 Å². The van der Waals surface area contributed by atoms with Gasteiger partial charge >= 0.3 is 0 Å². The molecule has 0 atom stereocenters. The van der Waals surface area contributed by atoms with Crippen LogP contribution in [0.25, 0.3) is 0 Å². The first-order chi connectivity index (χ1) is 10.7. The molecule has 22 heavy (non-hydrogen) atoms. The van der Waals surface area contributed by atoms with E-state index < -0.39 is 0 Å². The van der Waals surface area contributed by atoms with E-state index >= 15 is 0 Å². The molecule has 1 aliphatic heterocycles. The first-order valence-electron chi connectivity index (χ1n) is 7.56. The number of hydrogen-bond acceptors (Lipinski definition) is 5. The zero-order chi connectivity index (χ0) is 15.4. The van der Waals surface area contributed by atoms with Gasteiger partial charge in [0.05, 0.1) is 4.47 Å². The number of nitrogens with one attached hydrogen (secondary N) is 1. The molecule has 116 valence electrons. The SMILES string of the molecule is CCN1CCN(c2cccc(Nc3ncc(Br)cn3)c2)CC1. The van der Waals surface area contributed by atoms with Crippen LogP contribution >= 0.6 is 15.9 Å². The first-order valence-corrected chi connectivity index (χ1v) is 8.36. The van der Waals surface area contributed by atoms with Crippen LogP contribution in [0.15, 0.2) is 41.1 Å². The van der Waals surface area contributed by atoms with Crippen LogP contribution in [-0.2, 0) is 0 Å². The van der Waals surface area contributed by atoms with E-state index in [0.29, 0.717) is 5.95 Å². The average molecular weight is 362 g/mol. The molecule has 0 bridgehead atoms. The topological polar surface area (TPSA) is 44.3 Å². The molecule has 0 spiro atoms. The van der Waals surface area contributed by atoms with Crippen LogP contribution in [0.3, 0.4) is 0 Å². The van der Waals surface area contributed by atoms with Crippen molar-refractivity contribution < 1.29 is 0 Å². The second-order valence-electron chi connectivity index (χ2n) is 5.32. The number of benzene rings is 1. The normalized spacial score (nSPS) is 15.8. The van der Waals surface area contributed by atoms with Gasteiger partial charge in [-0.25, -0.2) is 9.97 Å². The molecule has 5 nitrogen and oxygen atoms in total. The standard InChI is InChI=1S/C16H20BrN5/c1-2-21-6-8-22(9-7-21)15-5-3-4-14(10-15)20-16-18-11-13(17)12-19-16/h3-5,10-12H,2,6-9H2,1H3,(H,18,19,20). The second-order valence-corrected chi connectivity index (χ2v) is 6.24. The van der Waals surface area contributed by atoms with E-state index in [1.807, 2.05) is 6.07 Å². The number of halogens is 1. The Hall–Kier alpha value is -1.66. The van der Waals surface area contributed by atoms with Crippen molar-refractivity contribution in [3.05, 3.63) is 41.1 Å². The van der Waals surface area contributed by atoms with Gasteiger partial charge in [-0.05, 0) is 40.7 Å². The second kappa shape index (κ2) is 7.07. The molecule has 1 saturated heterocycles. The Morgan fingerprint density at radius 1 is 1.14 bits per heavy atom. The quantitative estimate of drug-likeness (QED) is 0.906. The lowest BCUT2D eigenvalue weighted by Gasteiger charge is -2.35. The van der Waals surface area contributed by atoms with Crippen molar-refractivity contribution >= 4 is 33.3 Å². The first kappa shape index (κ1) is 15.2. The van der Waals surface area contributed by atoms with Crippen molar-refractivity contribution in [2.75, 3.05) is 42.9 Å². The summed E-state index contributed by atoms with van der Waals surface area (Å²) in [6.07, 6.45) is 3.48. The minimum atomic E-state index is 0.608. The summed E-state index contributed by atoms with van der Waals surface area (Å²) >= 11 is 3.34. The van der Waals surface area contributed by atoms with Crippen molar-refractivity contribution in [2.45, 2.75) is 6.92 Å². The molecule has 1 aliphatic rings. The molecule has 0 radical (unpaired) electrons. The minimum Gasteiger partial charge on any atom is -0.369 e. The Morgan fingerprint density at radius 3 is 2.55 bits per heavy atom. The smallest absolute Gasteiger partial charge is 0.227 e. The molecule has 0 saturated carbocycles. The van der Waals surface area contributed by atoms with Crippen molar-refractivity contribution in [3.63, 3.8) is 0 Å². The molecular formula is C16H20BrN5. The summed E-state index contributed by atoms with van der Waals surface area (Å²) < 4.78 is 0.876. The maximum atomic E-state index is 4.25. The Balaban J connectivity index is 1.68. The average Bonchev–Trinajstić information content (AvgIpc) is 2.57. The maximum absolute atomic E-state index is 4.25. The fourth-order valence-corrected chi connectivity index (χ4v) is 2.81. The molecule has 2 heterocycles. The Bertz CT molecular complexity index is 608. The number of anilines is 3. The highest BCUT2D eigenvalue weighted by molar-refractivity contribution is 9.10. The molecule has 1 fully saturated rings. The summed E-state index contributed by atoms with van der Waals surface area (Å²) in [6.45, 7) is 7.76. The number of likely N-dealkylation sites (N-methyl/N-ethyl adjacent to an activating group) is 1. The summed E-state index contributed by atoms with van der Waals surface area (Å²) in [5.74, 6) is 0.608. The molecule has 0 unspecified atom stereocenters. The highest BCUT2D eigenvalue weighted by atomic mass is 79.9. The van der Waals surface area contributed by atoms with Crippen LogP contribution < -0.4 is 10.2 Å². The van der Waals surface area contributed by atoms with Crippen LogP contribution in [0, 0.1) is 0 Å². The van der Waals surface area contributed by atoms with Gasteiger partial charge in [-0.3, -0.25) is 0 Å². The van der Waals surface area contributed by atoms with Gasteiger partial charge in [0.25, 0.3) is 0 Å². The molecule has 1 aromatic heterocycles. The molecule has 0 amide bonds. The molecule has 2 aromatic rings. The van der Waals surface area contributed by atoms with E-state index in [1.165, 1.54) is 5.69 Å². The summed E-state index contributed by atoms with van der Waals surface area (Å²) in [6, 6.07) is 8.43. The Labute approximate surface area is 139 Å². The van der Waals surface area contributed by atoms with E-state index in [0.717, 1.165) is 42.9 Å². The predicted molar refractivity (Wildman–Crippen MR) is 93.8 cm³/mol. The summed E-state index contributed by atoms with van der Waals surface area (Å²) in [7, 11) is 0. The van der Waals surface area contributed by atoms with E-state index in [4.69, 9.17) is 0 Å². The highest BCUT2D eigenvalue weighted by Gasteiger charge is 2.15. The van der Waals surface area contributed by atoms with Crippen LogP contribution in [0.5, 0.6) is 0 Å². The third kappa shape index (κ3) is 3.75. The molecule has 1 aromatic carbocycles. The van der Waals surface area contributed by atoms with Crippen LogP contribution in [0.2, 0.25) is 0 Å². The van der Waals surface area contributed by atoms with E-state index in [9.17, 15) is 0 Å². The van der Waals surface area contributed by atoms with Gasteiger partial charge in [0.1, 0.15) is 0 Å². The summed E-state index contributed by atoms with van der Waals surface area (Å²) in [5.41, 5.74) is 2.26. The third-order valence-electron chi connectivity index (χ3n) is 3.91. The van der Waals surface area contributed by atoms with E-state index in [2.05, 4.69) is 66.1 Å². The Morgan fingerprint density at radius 2 is 1.86 bits per heavy atom. The van der Waals surface area contributed by atoms with Crippen molar-refractivity contribution in [1.82, 2.24) is 14.9 Å². The fourth-order valence-electron chi connectivity index (χ4n) is 2.61. The van der Waals surface area contributed by atoms with Gasteiger partial charge in [-0.1, -0.05) is 13.0 Å². The van der Waals surface area contributed by atoms with Crippen LogP contribution in [0.1, 0.15) is 6.92 Å². The Kier molecular flexibility index (Phi) is 4.90. The lowest BCUT2D eigenvalue weighted by molar-refractivity contribution is 0.271. The summed E-state index contributed by atoms with van der Waals surface area (Å²) in [4.78, 5) is 13.4. The predicted octanol–water partition coefficient (Wildman–Crippen LogP) is 3.12. The zero-order valence-electron chi connectivity index (χ0n) is 12.7. The molecular weight excluding hydrogens is 342 g/mol. The van der Waals surface area contributed by atoms with Crippen molar-refractivity contribution in [3.8, 4) is 0 Å². The molecule has 1 N–H and O–H groups in total. The van der Waals surface area contributed by atoms with Gasteiger partial charge in [-0.2, -0.15) is 0 Å². The van der Waals surface area contributed by atoms with Gasteiger partial charge in [0, 0.05) is 49.9 Å². The monoisotopic (exact) mass is 361 g/mol. The number of nitrogens with zero attached hydrogens (tertiary/aromatic N) is 4. The number of rotatable bonds is 4. The van der Waals surface area contributed by atoms with Crippen molar-refractivity contribution in [1.29, 1.82) is 0 Å². The zero-order valence-corrected chi connectivity index (χ0v) is 14.3.